The van der Waals surface area contributed by atoms with Crippen molar-refractivity contribution in [1.82, 2.24) is 4.57 Å². The molecule has 0 radical (unpaired) electrons. The van der Waals surface area contributed by atoms with Crippen molar-refractivity contribution in [1.29, 1.82) is 0 Å². The number of nitrogens with one attached hydrogen (secondary N) is 2. The van der Waals surface area contributed by atoms with Crippen molar-refractivity contribution in [2.24, 2.45) is 11.3 Å². The van der Waals surface area contributed by atoms with Crippen molar-refractivity contribution < 1.29 is 9.59 Å². The zero-order valence-electron chi connectivity index (χ0n) is 20.9. The number of halogens is 1. The number of carbonyl (C=O) groups excluding carboxylic acids is 2. The number of nitrogens with zero attached hydrogens (tertiary/aromatic N) is 1. The monoisotopic (exact) mass is 496 g/mol. The van der Waals surface area contributed by atoms with Crippen molar-refractivity contribution >= 4 is 52.2 Å². The van der Waals surface area contributed by atoms with Gasteiger partial charge in [0.25, 0.3) is 5.91 Å². The fraction of sp³-hybridized carbons (Fsp3) is 0.429. The van der Waals surface area contributed by atoms with Crippen LogP contribution in [0.1, 0.15) is 69.8 Å². The van der Waals surface area contributed by atoms with Gasteiger partial charge in [0.15, 0.2) is 0 Å². The van der Waals surface area contributed by atoms with E-state index in [1.807, 2.05) is 57.2 Å². The van der Waals surface area contributed by atoms with E-state index < -0.39 is 0 Å². The second-order valence-corrected chi connectivity index (χ2v) is 10.8. The number of anilines is 3. The van der Waals surface area contributed by atoms with Gasteiger partial charge in [-0.3, -0.25) is 9.59 Å². The number of nitrogens with two attached hydrogens (primary N) is 1. The second kappa shape index (κ2) is 11.2. The Kier molecular flexibility index (Phi) is 8.49. The average Bonchev–Trinajstić information content (AvgIpc) is 3.12. The third-order valence-electron chi connectivity index (χ3n) is 6.44. The Labute approximate surface area is 214 Å². The van der Waals surface area contributed by atoms with Crippen LogP contribution < -0.4 is 16.4 Å². The first-order chi connectivity index (χ1) is 16.2. The van der Waals surface area contributed by atoms with Gasteiger partial charge in [0.1, 0.15) is 5.69 Å². The van der Waals surface area contributed by atoms with E-state index in [1.54, 1.807) is 12.1 Å². The summed E-state index contributed by atoms with van der Waals surface area (Å²) in [7, 11) is 0. The van der Waals surface area contributed by atoms with Crippen LogP contribution in [-0.4, -0.2) is 16.4 Å². The van der Waals surface area contributed by atoms with E-state index in [2.05, 4.69) is 15.2 Å². The highest BCUT2D eigenvalue weighted by Crippen LogP contribution is 2.30. The highest BCUT2D eigenvalue weighted by atomic mass is 35.5. The molecule has 1 saturated carbocycles. The number of fused-ring (bicyclic) bond motifs is 1. The molecule has 7 heteroatoms. The maximum absolute atomic E-state index is 13.3. The molecule has 35 heavy (non-hydrogen) atoms. The van der Waals surface area contributed by atoms with E-state index in [4.69, 9.17) is 5.73 Å². The van der Waals surface area contributed by atoms with Gasteiger partial charge in [-0.25, -0.2) is 0 Å². The third kappa shape index (κ3) is 7.01. The zero-order chi connectivity index (χ0) is 24.3. The van der Waals surface area contributed by atoms with Gasteiger partial charge in [-0.05, 0) is 72.7 Å². The molecule has 1 aliphatic carbocycles. The van der Waals surface area contributed by atoms with Crippen LogP contribution >= 0.6 is 12.4 Å². The Morgan fingerprint density at radius 2 is 1.60 bits per heavy atom. The summed E-state index contributed by atoms with van der Waals surface area (Å²) in [5, 5.41) is 6.98. The Morgan fingerprint density at radius 3 is 2.26 bits per heavy atom. The van der Waals surface area contributed by atoms with Crippen molar-refractivity contribution in [3.63, 3.8) is 0 Å². The average molecular weight is 497 g/mol. The maximum Gasteiger partial charge on any atom is 0.272 e. The number of hydrogen-bond donors (Lipinski definition) is 3. The number of aromatic nitrogens is 1. The molecule has 0 unspecified atom stereocenters. The standard InChI is InChI=1S/C28H36N4O2.ClH/c1-28(2,3)17-26(33)30-23-13-14-24-20(15-23)16-25(32(24)18-19-7-5-4-6-8-19)27(34)31-22-11-9-21(29)10-12-22;/h9-16,19H,4-8,17-18,29H2,1-3H3,(H,30,33)(H,31,34);1H. The van der Waals surface area contributed by atoms with E-state index in [9.17, 15) is 9.59 Å². The molecule has 0 spiro atoms. The zero-order valence-corrected chi connectivity index (χ0v) is 21.7. The Hall–Kier alpha value is -2.99. The van der Waals surface area contributed by atoms with E-state index >= 15 is 0 Å². The summed E-state index contributed by atoms with van der Waals surface area (Å²) < 4.78 is 2.15. The van der Waals surface area contributed by atoms with Crippen LogP contribution in [0.3, 0.4) is 0 Å². The minimum atomic E-state index is -0.143. The molecule has 1 fully saturated rings. The van der Waals surface area contributed by atoms with Crippen LogP contribution in [0.25, 0.3) is 10.9 Å². The first kappa shape index (κ1) is 26.6. The molecule has 6 nitrogen and oxygen atoms in total. The lowest BCUT2D eigenvalue weighted by Crippen LogP contribution is -2.21. The molecule has 0 atom stereocenters. The van der Waals surface area contributed by atoms with E-state index in [0.717, 1.165) is 23.1 Å². The van der Waals surface area contributed by atoms with Crippen molar-refractivity contribution in [2.45, 2.75) is 65.8 Å². The minimum Gasteiger partial charge on any atom is -0.399 e. The predicted octanol–water partition coefficient (Wildman–Crippen LogP) is 6.85. The molecule has 4 N–H and O–H groups in total. The lowest BCUT2D eigenvalue weighted by atomic mass is 9.89. The Balaban J connectivity index is 0.00000342. The highest BCUT2D eigenvalue weighted by Gasteiger charge is 2.21. The lowest BCUT2D eigenvalue weighted by Gasteiger charge is -2.23. The molecule has 1 aromatic heterocycles. The second-order valence-electron chi connectivity index (χ2n) is 10.8. The van der Waals surface area contributed by atoms with Crippen LogP contribution in [0, 0.1) is 11.3 Å². The molecule has 4 rings (SSSR count). The van der Waals surface area contributed by atoms with Gasteiger partial charge in [0.2, 0.25) is 5.91 Å². The van der Waals surface area contributed by atoms with Gasteiger partial charge >= 0.3 is 0 Å². The summed E-state index contributed by atoms with van der Waals surface area (Å²) in [6.07, 6.45) is 6.63. The molecule has 0 aliphatic heterocycles. The van der Waals surface area contributed by atoms with Gasteiger partial charge in [-0.15, -0.1) is 12.4 Å². The van der Waals surface area contributed by atoms with Crippen LogP contribution in [-0.2, 0) is 11.3 Å². The normalized spacial score (nSPS) is 14.4. The summed E-state index contributed by atoms with van der Waals surface area (Å²) in [6, 6.07) is 15.0. The fourth-order valence-corrected chi connectivity index (χ4v) is 4.81. The highest BCUT2D eigenvalue weighted by molar-refractivity contribution is 6.07. The minimum absolute atomic E-state index is 0. The first-order valence-electron chi connectivity index (χ1n) is 12.3. The summed E-state index contributed by atoms with van der Waals surface area (Å²) in [5.74, 6) is 0.420. The SMILES string of the molecule is CC(C)(C)CC(=O)Nc1ccc2c(c1)cc(C(=O)Nc1ccc(N)cc1)n2CC1CCCCC1.Cl. The molecule has 0 saturated heterocycles. The van der Waals surface area contributed by atoms with Gasteiger partial charge in [-0.1, -0.05) is 40.0 Å². The summed E-state index contributed by atoms with van der Waals surface area (Å²) in [5.41, 5.74) is 9.48. The number of carbonyl (C=O) groups is 2. The van der Waals surface area contributed by atoms with Crippen LogP contribution in [0.5, 0.6) is 0 Å². The summed E-state index contributed by atoms with van der Waals surface area (Å²) in [6.45, 7) is 6.97. The predicted molar refractivity (Wildman–Crippen MR) is 147 cm³/mol. The molecular weight excluding hydrogens is 460 g/mol. The van der Waals surface area contributed by atoms with Crippen LogP contribution in [0.4, 0.5) is 17.1 Å². The third-order valence-corrected chi connectivity index (χ3v) is 6.44. The van der Waals surface area contributed by atoms with Crippen molar-refractivity contribution in [3.05, 3.63) is 54.2 Å². The largest absolute Gasteiger partial charge is 0.399 e. The van der Waals surface area contributed by atoms with Gasteiger partial charge in [0.05, 0.1) is 0 Å². The van der Waals surface area contributed by atoms with E-state index in [0.29, 0.717) is 29.4 Å². The number of rotatable bonds is 6. The molecular formula is C28H37ClN4O2. The fourth-order valence-electron chi connectivity index (χ4n) is 4.81. The Bertz CT molecular complexity index is 1170. The van der Waals surface area contributed by atoms with Crippen LogP contribution in [0.2, 0.25) is 0 Å². The van der Waals surface area contributed by atoms with Gasteiger partial charge < -0.3 is 20.9 Å². The smallest absolute Gasteiger partial charge is 0.272 e. The quantitative estimate of drug-likeness (QED) is 0.326. The lowest BCUT2D eigenvalue weighted by molar-refractivity contribution is -0.117. The van der Waals surface area contributed by atoms with Crippen LogP contribution in [0.15, 0.2) is 48.5 Å². The number of benzene rings is 2. The number of amides is 2. The molecule has 1 heterocycles. The summed E-state index contributed by atoms with van der Waals surface area (Å²) in [4.78, 5) is 25.8. The molecule has 2 amide bonds. The van der Waals surface area contributed by atoms with E-state index in [1.165, 1.54) is 32.1 Å². The summed E-state index contributed by atoms with van der Waals surface area (Å²) >= 11 is 0. The first-order valence-corrected chi connectivity index (χ1v) is 12.3. The molecule has 2 aromatic carbocycles. The molecule has 0 bridgehead atoms. The number of hydrogen-bond acceptors (Lipinski definition) is 3. The van der Waals surface area contributed by atoms with Gasteiger partial charge in [-0.2, -0.15) is 0 Å². The molecule has 188 valence electrons. The van der Waals surface area contributed by atoms with Crippen molar-refractivity contribution in [2.75, 3.05) is 16.4 Å². The topological polar surface area (TPSA) is 89.2 Å². The molecule has 3 aromatic rings. The van der Waals surface area contributed by atoms with Gasteiger partial charge in [0, 0.05) is 40.9 Å². The molecule has 1 aliphatic rings. The number of nitrogen functional groups attached to an aromatic ring is 1. The maximum atomic E-state index is 13.3. The van der Waals surface area contributed by atoms with Crippen molar-refractivity contribution in [3.8, 4) is 0 Å². The van der Waals surface area contributed by atoms with E-state index in [-0.39, 0.29) is 29.6 Å². The Morgan fingerprint density at radius 1 is 0.943 bits per heavy atom.